The molecule has 142 valence electrons. The van der Waals surface area contributed by atoms with E-state index in [1.807, 2.05) is 56.6 Å². The van der Waals surface area contributed by atoms with E-state index in [0.717, 1.165) is 33.3 Å². The fourth-order valence-electron chi connectivity index (χ4n) is 3.70. The molecule has 0 aliphatic heterocycles. The number of H-pyrrole nitrogens is 2. The molecule has 0 saturated heterocycles. The first kappa shape index (κ1) is 18.0. The Bertz CT molecular complexity index is 1140. The summed E-state index contributed by atoms with van der Waals surface area (Å²) in [6.45, 7) is 4.40. The van der Waals surface area contributed by atoms with Gasteiger partial charge in [-0.25, -0.2) is 4.39 Å². The van der Waals surface area contributed by atoms with Crippen molar-refractivity contribution in [2.24, 2.45) is 0 Å². The Morgan fingerprint density at radius 3 is 2.75 bits per heavy atom. The average molecular weight is 375 g/mol. The number of benzene rings is 2. The number of hydrogen-bond acceptors (Lipinski definition) is 1. The third-order valence-electron chi connectivity index (χ3n) is 5.15. The molecule has 4 aromatic rings. The highest BCUT2D eigenvalue weighted by Crippen LogP contribution is 2.28. The van der Waals surface area contributed by atoms with Crippen LogP contribution < -0.4 is 5.32 Å². The van der Waals surface area contributed by atoms with Gasteiger partial charge in [-0.1, -0.05) is 18.2 Å². The van der Waals surface area contributed by atoms with Gasteiger partial charge >= 0.3 is 0 Å². The average Bonchev–Trinajstić information content (AvgIpc) is 3.34. The third kappa shape index (κ3) is 3.31. The lowest BCUT2D eigenvalue weighted by Gasteiger charge is -2.08. The molecule has 4 nitrogen and oxygen atoms in total. The molecule has 4 rings (SSSR count). The maximum Gasteiger partial charge on any atom is 0.251 e. The molecule has 0 unspecified atom stereocenters. The summed E-state index contributed by atoms with van der Waals surface area (Å²) >= 11 is 0. The lowest BCUT2D eigenvalue weighted by atomic mass is 10.0. The van der Waals surface area contributed by atoms with Gasteiger partial charge in [-0.2, -0.15) is 0 Å². The molecule has 2 heterocycles. The Kier molecular flexibility index (Phi) is 4.74. The van der Waals surface area contributed by atoms with Gasteiger partial charge in [-0.05, 0) is 66.8 Å². The predicted octanol–water partition coefficient (Wildman–Crippen LogP) is 4.89. The van der Waals surface area contributed by atoms with Crippen LogP contribution in [0.5, 0.6) is 0 Å². The van der Waals surface area contributed by atoms with Crippen molar-refractivity contribution >= 4 is 16.8 Å². The summed E-state index contributed by atoms with van der Waals surface area (Å²) in [5.74, 6) is -0.363. The van der Waals surface area contributed by atoms with Gasteiger partial charge < -0.3 is 15.3 Å². The van der Waals surface area contributed by atoms with E-state index in [2.05, 4.69) is 15.3 Å². The first-order valence-corrected chi connectivity index (χ1v) is 9.32. The van der Waals surface area contributed by atoms with E-state index in [-0.39, 0.29) is 11.7 Å². The molecule has 0 aliphatic rings. The van der Waals surface area contributed by atoms with Crippen LogP contribution in [0.1, 0.15) is 27.2 Å². The van der Waals surface area contributed by atoms with Gasteiger partial charge in [0.05, 0.1) is 5.52 Å². The molecule has 0 saturated carbocycles. The monoisotopic (exact) mass is 375 g/mol. The van der Waals surface area contributed by atoms with E-state index in [4.69, 9.17) is 0 Å². The van der Waals surface area contributed by atoms with Crippen molar-refractivity contribution < 1.29 is 9.18 Å². The second-order valence-corrected chi connectivity index (χ2v) is 7.03. The summed E-state index contributed by atoms with van der Waals surface area (Å²) in [7, 11) is 0. The maximum atomic E-state index is 14.1. The van der Waals surface area contributed by atoms with Gasteiger partial charge in [0.2, 0.25) is 0 Å². The molecule has 0 spiro atoms. The molecule has 2 aromatic carbocycles. The number of carbonyl (C=O) groups is 1. The van der Waals surface area contributed by atoms with Crippen LogP contribution in [0.3, 0.4) is 0 Å². The highest BCUT2D eigenvalue weighted by Gasteiger charge is 2.14. The molecular weight excluding hydrogens is 353 g/mol. The zero-order valence-electron chi connectivity index (χ0n) is 15.9. The van der Waals surface area contributed by atoms with Gasteiger partial charge in [-0.15, -0.1) is 0 Å². The lowest BCUT2D eigenvalue weighted by molar-refractivity contribution is 0.0954. The largest absolute Gasteiger partial charge is 0.367 e. The number of aryl methyl sites for hydroxylation is 2. The quantitative estimate of drug-likeness (QED) is 0.457. The van der Waals surface area contributed by atoms with Gasteiger partial charge in [0.25, 0.3) is 5.91 Å². The minimum absolute atomic E-state index is 0.113. The highest BCUT2D eigenvalue weighted by molar-refractivity contribution is 5.95. The Hall–Kier alpha value is -3.34. The molecule has 0 radical (unpaired) electrons. The lowest BCUT2D eigenvalue weighted by Crippen LogP contribution is -2.25. The summed E-state index contributed by atoms with van der Waals surface area (Å²) < 4.78 is 14.1. The molecule has 0 fully saturated rings. The summed E-state index contributed by atoms with van der Waals surface area (Å²) in [4.78, 5) is 18.7. The first-order valence-electron chi connectivity index (χ1n) is 9.32. The number of amides is 1. The Morgan fingerprint density at radius 1 is 1.11 bits per heavy atom. The molecule has 0 aliphatic carbocycles. The molecule has 2 aromatic heterocycles. The number of rotatable bonds is 5. The minimum Gasteiger partial charge on any atom is -0.367 e. The van der Waals surface area contributed by atoms with E-state index < -0.39 is 0 Å². The fraction of sp³-hybridized carbons (Fsp3) is 0.174. The molecule has 0 bridgehead atoms. The normalized spacial score (nSPS) is 11.1. The van der Waals surface area contributed by atoms with Crippen LogP contribution in [0.15, 0.2) is 54.9 Å². The van der Waals surface area contributed by atoms with E-state index in [1.54, 1.807) is 6.07 Å². The SMILES string of the molecule is Cc1[nH]c2c(F)ccc(C)c2c1CCNC(=O)c1cccc(-c2cc[nH]c2)c1. The van der Waals surface area contributed by atoms with E-state index in [0.29, 0.717) is 24.0 Å². The summed E-state index contributed by atoms with van der Waals surface area (Å²) in [6, 6.07) is 12.8. The third-order valence-corrected chi connectivity index (χ3v) is 5.15. The van der Waals surface area contributed by atoms with E-state index in [1.165, 1.54) is 6.07 Å². The second kappa shape index (κ2) is 7.35. The number of nitrogens with one attached hydrogen (secondary N) is 3. The highest BCUT2D eigenvalue weighted by atomic mass is 19.1. The zero-order valence-corrected chi connectivity index (χ0v) is 15.9. The number of hydrogen-bond donors (Lipinski definition) is 3. The summed E-state index contributed by atoms with van der Waals surface area (Å²) in [6.07, 6.45) is 4.40. The van der Waals surface area contributed by atoms with Gasteiger partial charge in [0.15, 0.2) is 0 Å². The number of carbonyl (C=O) groups excluding carboxylic acids is 1. The van der Waals surface area contributed by atoms with Crippen molar-refractivity contribution in [3.8, 4) is 11.1 Å². The van der Waals surface area contributed by atoms with Gasteiger partial charge in [-0.3, -0.25) is 4.79 Å². The molecule has 1 amide bonds. The van der Waals surface area contributed by atoms with E-state index in [9.17, 15) is 9.18 Å². The van der Waals surface area contributed by atoms with Crippen LogP contribution in [0, 0.1) is 19.7 Å². The molecule has 28 heavy (non-hydrogen) atoms. The van der Waals surface area contributed by atoms with Crippen LogP contribution in [-0.4, -0.2) is 22.4 Å². The van der Waals surface area contributed by atoms with Crippen LogP contribution in [-0.2, 0) is 6.42 Å². The van der Waals surface area contributed by atoms with Crippen molar-refractivity contribution in [2.75, 3.05) is 6.54 Å². The number of fused-ring (bicyclic) bond motifs is 1. The standard InChI is InChI=1S/C23H22FN3O/c1-14-6-7-20(24)22-21(14)19(15(2)27-22)9-11-26-23(28)17-5-3-4-16(12-17)18-8-10-25-13-18/h3-8,10,12-13,25,27H,9,11H2,1-2H3,(H,26,28). The second-order valence-electron chi connectivity index (χ2n) is 7.03. The van der Waals surface area contributed by atoms with Gasteiger partial charge in [0, 0.05) is 35.6 Å². The minimum atomic E-state index is -0.249. The Labute approximate surface area is 162 Å². The fourth-order valence-corrected chi connectivity index (χ4v) is 3.70. The first-order chi connectivity index (χ1) is 13.5. The topological polar surface area (TPSA) is 60.7 Å². The van der Waals surface area contributed by atoms with Crippen molar-refractivity contribution in [1.29, 1.82) is 0 Å². The van der Waals surface area contributed by atoms with Crippen LogP contribution in [0.25, 0.3) is 22.0 Å². The zero-order chi connectivity index (χ0) is 19.7. The number of aromatic amines is 2. The van der Waals surface area contributed by atoms with Crippen molar-refractivity contribution in [1.82, 2.24) is 15.3 Å². The predicted molar refractivity (Wildman–Crippen MR) is 110 cm³/mol. The molecule has 0 atom stereocenters. The van der Waals surface area contributed by atoms with E-state index >= 15 is 0 Å². The molecule has 3 N–H and O–H groups in total. The number of aromatic nitrogens is 2. The maximum absolute atomic E-state index is 14.1. The van der Waals surface area contributed by atoms with Crippen LogP contribution in [0.4, 0.5) is 4.39 Å². The van der Waals surface area contributed by atoms with Crippen LogP contribution >= 0.6 is 0 Å². The smallest absolute Gasteiger partial charge is 0.251 e. The molecule has 5 heteroatoms. The summed E-state index contributed by atoms with van der Waals surface area (Å²) in [5.41, 5.74) is 6.21. The van der Waals surface area contributed by atoms with Crippen molar-refractivity contribution in [3.05, 3.63) is 83.1 Å². The summed E-state index contributed by atoms with van der Waals surface area (Å²) in [5, 5.41) is 3.90. The Morgan fingerprint density at radius 2 is 1.96 bits per heavy atom. The Balaban J connectivity index is 1.48. The molecular formula is C23H22FN3O. The number of halogens is 1. The van der Waals surface area contributed by atoms with Crippen molar-refractivity contribution in [2.45, 2.75) is 20.3 Å². The van der Waals surface area contributed by atoms with Crippen molar-refractivity contribution in [3.63, 3.8) is 0 Å². The van der Waals surface area contributed by atoms with Crippen LogP contribution in [0.2, 0.25) is 0 Å². The van der Waals surface area contributed by atoms with Gasteiger partial charge in [0.1, 0.15) is 5.82 Å².